The quantitative estimate of drug-likeness (QED) is 0.789. The van der Waals surface area contributed by atoms with E-state index in [1.807, 2.05) is 48.5 Å². The van der Waals surface area contributed by atoms with E-state index in [1.165, 1.54) is 0 Å². The SMILES string of the molecule is C=CCN1C(=O)[C@@]2(OCc3ccccc3N2C(=O)C2CC2)c2ccccc21. The number of hydrogen-bond donors (Lipinski definition) is 0. The number of fused-ring (bicyclic) bond motifs is 3. The lowest BCUT2D eigenvalue weighted by Gasteiger charge is -2.44. The van der Waals surface area contributed by atoms with Gasteiger partial charge in [0.1, 0.15) is 0 Å². The van der Waals surface area contributed by atoms with Crippen molar-refractivity contribution < 1.29 is 14.3 Å². The highest BCUT2D eigenvalue weighted by molar-refractivity contribution is 6.14. The summed E-state index contributed by atoms with van der Waals surface area (Å²) in [6.07, 6.45) is 3.41. The van der Waals surface area contributed by atoms with Gasteiger partial charge in [0.05, 0.1) is 18.0 Å². The van der Waals surface area contributed by atoms with E-state index in [1.54, 1.807) is 15.9 Å². The van der Waals surface area contributed by atoms with Crippen molar-refractivity contribution >= 4 is 23.2 Å². The molecule has 1 atom stereocenters. The first-order chi connectivity index (χ1) is 13.2. The molecule has 0 saturated heterocycles. The highest BCUT2D eigenvalue weighted by Crippen LogP contribution is 2.51. The van der Waals surface area contributed by atoms with Crippen LogP contribution in [0.1, 0.15) is 24.0 Å². The molecule has 3 aliphatic rings. The van der Waals surface area contributed by atoms with Gasteiger partial charge in [0.25, 0.3) is 11.6 Å². The van der Waals surface area contributed by atoms with Gasteiger partial charge < -0.3 is 9.64 Å². The third-order valence-corrected chi connectivity index (χ3v) is 5.54. The average Bonchev–Trinajstić information content (AvgIpc) is 3.53. The summed E-state index contributed by atoms with van der Waals surface area (Å²) < 4.78 is 6.26. The predicted molar refractivity (Wildman–Crippen MR) is 102 cm³/mol. The van der Waals surface area contributed by atoms with Crippen molar-refractivity contribution in [2.24, 2.45) is 5.92 Å². The number of nitrogens with zero attached hydrogens (tertiary/aromatic N) is 2. The maximum Gasteiger partial charge on any atom is 0.286 e. The Hall–Kier alpha value is -2.92. The third-order valence-electron chi connectivity index (χ3n) is 5.54. The zero-order chi connectivity index (χ0) is 18.6. The van der Waals surface area contributed by atoms with Gasteiger partial charge in [-0.2, -0.15) is 0 Å². The molecule has 2 heterocycles. The fourth-order valence-corrected chi connectivity index (χ4v) is 4.12. The van der Waals surface area contributed by atoms with Gasteiger partial charge in [0.2, 0.25) is 5.91 Å². The lowest BCUT2D eigenvalue weighted by molar-refractivity contribution is -0.153. The normalized spacial score (nSPS) is 23.3. The van der Waals surface area contributed by atoms with Gasteiger partial charge >= 0.3 is 0 Å². The first kappa shape index (κ1) is 16.3. The molecule has 2 aromatic rings. The highest BCUT2D eigenvalue weighted by Gasteiger charge is 2.61. The van der Waals surface area contributed by atoms with Gasteiger partial charge in [0.15, 0.2) is 0 Å². The first-order valence-corrected chi connectivity index (χ1v) is 9.27. The van der Waals surface area contributed by atoms with E-state index in [2.05, 4.69) is 6.58 Å². The Balaban J connectivity index is 1.75. The number of anilines is 2. The van der Waals surface area contributed by atoms with Crippen LogP contribution in [-0.4, -0.2) is 18.4 Å². The third kappa shape index (κ3) is 2.15. The Morgan fingerprint density at radius 3 is 2.59 bits per heavy atom. The van der Waals surface area contributed by atoms with E-state index in [4.69, 9.17) is 4.74 Å². The second-order valence-electron chi connectivity index (χ2n) is 7.23. The minimum absolute atomic E-state index is 0.0363. The number of benzene rings is 2. The minimum atomic E-state index is -1.44. The second-order valence-corrected chi connectivity index (χ2v) is 7.23. The summed E-state index contributed by atoms with van der Waals surface area (Å²) in [5, 5.41) is 0. The van der Waals surface area contributed by atoms with E-state index < -0.39 is 5.72 Å². The van der Waals surface area contributed by atoms with Crippen molar-refractivity contribution in [2.75, 3.05) is 16.3 Å². The van der Waals surface area contributed by atoms with Crippen LogP contribution in [0.3, 0.4) is 0 Å². The summed E-state index contributed by atoms with van der Waals surface area (Å²) in [5.74, 6) is -0.303. The Kier molecular flexibility index (Phi) is 3.49. The number of hydrogen-bond acceptors (Lipinski definition) is 3. The van der Waals surface area contributed by atoms with Gasteiger partial charge in [0, 0.05) is 23.6 Å². The van der Waals surface area contributed by atoms with Crippen molar-refractivity contribution in [1.29, 1.82) is 0 Å². The molecule has 1 aliphatic carbocycles. The molecule has 136 valence electrons. The van der Waals surface area contributed by atoms with Crippen molar-refractivity contribution in [1.82, 2.24) is 0 Å². The Morgan fingerprint density at radius 1 is 1.15 bits per heavy atom. The summed E-state index contributed by atoms with van der Waals surface area (Å²) in [4.78, 5) is 30.3. The largest absolute Gasteiger partial charge is 0.338 e. The van der Waals surface area contributed by atoms with E-state index in [9.17, 15) is 9.59 Å². The highest BCUT2D eigenvalue weighted by atomic mass is 16.5. The first-order valence-electron chi connectivity index (χ1n) is 9.27. The maximum absolute atomic E-state index is 13.7. The maximum atomic E-state index is 13.7. The lowest BCUT2D eigenvalue weighted by Crippen LogP contribution is -2.60. The minimum Gasteiger partial charge on any atom is -0.338 e. The molecule has 1 spiro atoms. The van der Waals surface area contributed by atoms with E-state index >= 15 is 0 Å². The van der Waals surface area contributed by atoms with Gasteiger partial charge in [-0.1, -0.05) is 42.5 Å². The number of carbonyl (C=O) groups is 2. The van der Waals surface area contributed by atoms with Crippen molar-refractivity contribution in [3.05, 3.63) is 72.3 Å². The average molecular weight is 360 g/mol. The molecule has 0 N–H and O–H groups in total. The van der Waals surface area contributed by atoms with Gasteiger partial charge in [-0.25, -0.2) is 0 Å². The summed E-state index contributed by atoms with van der Waals surface area (Å²) in [7, 11) is 0. The molecule has 5 rings (SSSR count). The van der Waals surface area contributed by atoms with E-state index in [0.717, 1.165) is 35.3 Å². The van der Waals surface area contributed by atoms with Crippen molar-refractivity contribution in [3.63, 3.8) is 0 Å². The van der Waals surface area contributed by atoms with Crippen LogP contribution in [0.15, 0.2) is 61.2 Å². The molecule has 0 unspecified atom stereocenters. The molecular weight excluding hydrogens is 340 g/mol. The van der Waals surface area contributed by atoms with Crippen LogP contribution in [0.25, 0.3) is 0 Å². The molecule has 0 bridgehead atoms. The molecule has 5 heteroatoms. The smallest absolute Gasteiger partial charge is 0.286 e. The van der Waals surface area contributed by atoms with E-state index in [-0.39, 0.29) is 24.3 Å². The molecule has 2 aliphatic heterocycles. The zero-order valence-electron chi connectivity index (χ0n) is 14.9. The van der Waals surface area contributed by atoms with Crippen LogP contribution in [0.5, 0.6) is 0 Å². The van der Waals surface area contributed by atoms with Crippen LogP contribution in [0, 0.1) is 5.92 Å². The Bertz CT molecular complexity index is 966. The number of carbonyl (C=O) groups excluding carboxylic acids is 2. The zero-order valence-corrected chi connectivity index (χ0v) is 14.9. The lowest BCUT2D eigenvalue weighted by atomic mass is 9.96. The van der Waals surface area contributed by atoms with Crippen LogP contribution in [-0.2, 0) is 26.7 Å². The molecule has 2 amide bonds. The summed E-state index contributed by atoms with van der Waals surface area (Å²) in [5.41, 5.74) is 1.75. The molecule has 27 heavy (non-hydrogen) atoms. The van der Waals surface area contributed by atoms with E-state index in [0.29, 0.717) is 6.54 Å². The van der Waals surface area contributed by atoms with Crippen molar-refractivity contribution in [3.8, 4) is 0 Å². The molecule has 1 saturated carbocycles. The number of rotatable bonds is 3. The Morgan fingerprint density at radius 2 is 1.85 bits per heavy atom. The second kappa shape index (κ2) is 5.79. The number of ether oxygens (including phenoxy) is 1. The standard InChI is InChI=1S/C22H20N2O3/c1-2-13-23-19-10-6-4-8-17(19)22(21(23)26)24(20(25)15-11-12-15)18-9-5-3-7-16(18)14-27-22/h2-10,15H,1,11-14H2/t22-/m0/s1. The Labute approximate surface area is 157 Å². The van der Waals surface area contributed by atoms with Crippen LogP contribution >= 0.6 is 0 Å². The van der Waals surface area contributed by atoms with Gasteiger partial charge in [-0.15, -0.1) is 6.58 Å². The molecule has 0 radical (unpaired) electrons. The predicted octanol–water partition coefficient (Wildman–Crippen LogP) is 3.35. The molecule has 2 aromatic carbocycles. The summed E-state index contributed by atoms with van der Waals surface area (Å²) in [6, 6.07) is 15.2. The fourth-order valence-electron chi connectivity index (χ4n) is 4.12. The van der Waals surface area contributed by atoms with Gasteiger partial charge in [-0.3, -0.25) is 14.5 Å². The van der Waals surface area contributed by atoms with Crippen LogP contribution in [0.2, 0.25) is 0 Å². The monoisotopic (exact) mass is 360 g/mol. The summed E-state index contributed by atoms with van der Waals surface area (Å²) in [6.45, 7) is 4.43. The van der Waals surface area contributed by atoms with Gasteiger partial charge in [-0.05, 0) is 25.0 Å². The van der Waals surface area contributed by atoms with Crippen LogP contribution < -0.4 is 9.80 Å². The summed E-state index contributed by atoms with van der Waals surface area (Å²) >= 11 is 0. The molecule has 0 aromatic heterocycles. The number of amides is 2. The molecular formula is C22H20N2O3. The molecule has 5 nitrogen and oxygen atoms in total. The number of para-hydroxylation sites is 2. The van der Waals surface area contributed by atoms with Crippen molar-refractivity contribution in [2.45, 2.75) is 25.2 Å². The fraction of sp³-hybridized carbons (Fsp3) is 0.273. The van der Waals surface area contributed by atoms with Crippen LogP contribution in [0.4, 0.5) is 11.4 Å². The topological polar surface area (TPSA) is 49.9 Å². The molecule has 1 fully saturated rings.